The lowest BCUT2D eigenvalue weighted by atomic mass is 10.1. The van der Waals surface area contributed by atoms with Crippen LogP contribution in [0.1, 0.15) is 50.7 Å². The van der Waals surface area contributed by atoms with E-state index in [1.54, 1.807) is 0 Å². The van der Waals surface area contributed by atoms with Gasteiger partial charge in [0.2, 0.25) is 0 Å². The highest BCUT2D eigenvalue weighted by atomic mass is 16.7. The first-order valence-corrected chi connectivity index (χ1v) is 8.32. The van der Waals surface area contributed by atoms with Crippen LogP contribution in [-0.4, -0.2) is 23.8 Å². The summed E-state index contributed by atoms with van der Waals surface area (Å²) in [6, 6.07) is 7.57. The molecule has 5 heteroatoms. The summed E-state index contributed by atoms with van der Waals surface area (Å²) in [4.78, 5) is 23.9. The Morgan fingerprint density at radius 2 is 1.67 bits per heavy atom. The number of hydrogen-bond acceptors (Lipinski definition) is 5. The van der Waals surface area contributed by atoms with E-state index >= 15 is 0 Å². The van der Waals surface area contributed by atoms with Gasteiger partial charge in [-0.05, 0) is 30.0 Å². The Labute approximate surface area is 141 Å². The Morgan fingerprint density at radius 1 is 1.08 bits per heavy atom. The van der Waals surface area contributed by atoms with Gasteiger partial charge in [-0.25, -0.2) is 9.59 Å². The van der Waals surface area contributed by atoms with Crippen LogP contribution >= 0.6 is 0 Å². The maximum Gasteiger partial charge on any atom is 0.348 e. The molecule has 128 valence electrons. The van der Waals surface area contributed by atoms with Gasteiger partial charge in [-0.2, -0.15) is 0 Å². The highest BCUT2D eigenvalue weighted by molar-refractivity contribution is 6.18. The van der Waals surface area contributed by atoms with Crippen LogP contribution in [0.25, 0.3) is 6.08 Å². The molecule has 0 atom stereocenters. The van der Waals surface area contributed by atoms with Gasteiger partial charge in [0.1, 0.15) is 5.57 Å². The van der Waals surface area contributed by atoms with Gasteiger partial charge in [0, 0.05) is 13.8 Å². The summed E-state index contributed by atoms with van der Waals surface area (Å²) in [5.41, 5.74) is 1.71. The van der Waals surface area contributed by atoms with Gasteiger partial charge in [-0.3, -0.25) is 0 Å². The Kier molecular flexibility index (Phi) is 4.71. The monoisotopic (exact) mass is 330 g/mol. The van der Waals surface area contributed by atoms with Gasteiger partial charge in [0.15, 0.2) is 0 Å². The van der Waals surface area contributed by atoms with Crippen molar-refractivity contribution in [2.45, 2.75) is 58.0 Å². The molecule has 1 saturated heterocycles. The number of cyclic esters (lactones) is 2. The van der Waals surface area contributed by atoms with Crippen molar-refractivity contribution in [3.8, 4) is 0 Å². The lowest BCUT2D eigenvalue weighted by Gasteiger charge is -2.29. The van der Waals surface area contributed by atoms with Crippen molar-refractivity contribution in [1.82, 2.24) is 0 Å². The first-order chi connectivity index (χ1) is 11.4. The second kappa shape index (κ2) is 6.77. The van der Waals surface area contributed by atoms with Gasteiger partial charge in [0.05, 0.1) is 12.7 Å². The number of esters is 2. The van der Waals surface area contributed by atoms with Gasteiger partial charge >= 0.3 is 11.9 Å². The number of ether oxygens (including phenoxy) is 3. The highest BCUT2D eigenvalue weighted by Crippen LogP contribution is 2.25. The number of carbonyl (C=O) groups is 2. The van der Waals surface area contributed by atoms with E-state index in [2.05, 4.69) is 0 Å². The van der Waals surface area contributed by atoms with Crippen molar-refractivity contribution in [2.75, 3.05) is 0 Å². The van der Waals surface area contributed by atoms with Crippen molar-refractivity contribution in [3.63, 3.8) is 0 Å². The molecular formula is C19H22O5. The third-order valence-corrected chi connectivity index (χ3v) is 4.20. The minimum atomic E-state index is -1.22. The molecule has 0 radical (unpaired) electrons. The van der Waals surface area contributed by atoms with Crippen molar-refractivity contribution < 1.29 is 23.8 Å². The molecule has 1 aliphatic heterocycles. The van der Waals surface area contributed by atoms with Crippen LogP contribution in [0.3, 0.4) is 0 Å². The predicted octanol–water partition coefficient (Wildman–Crippen LogP) is 3.37. The van der Waals surface area contributed by atoms with Crippen LogP contribution < -0.4 is 0 Å². The first kappa shape index (κ1) is 16.7. The van der Waals surface area contributed by atoms with E-state index in [0.29, 0.717) is 12.7 Å². The molecule has 1 aliphatic carbocycles. The lowest BCUT2D eigenvalue weighted by molar-refractivity contribution is -0.222. The summed E-state index contributed by atoms with van der Waals surface area (Å²) in [6.45, 7) is 3.64. The fourth-order valence-electron chi connectivity index (χ4n) is 2.92. The molecule has 0 bridgehead atoms. The van der Waals surface area contributed by atoms with Gasteiger partial charge in [-0.15, -0.1) is 0 Å². The average molecular weight is 330 g/mol. The van der Waals surface area contributed by atoms with Gasteiger partial charge in [0.25, 0.3) is 5.79 Å². The van der Waals surface area contributed by atoms with E-state index in [-0.39, 0.29) is 5.57 Å². The molecule has 1 heterocycles. The van der Waals surface area contributed by atoms with Crippen molar-refractivity contribution in [3.05, 3.63) is 41.0 Å². The van der Waals surface area contributed by atoms with Crippen LogP contribution in [0.4, 0.5) is 0 Å². The third kappa shape index (κ3) is 4.03. The first-order valence-electron chi connectivity index (χ1n) is 8.32. The molecule has 5 nitrogen and oxygen atoms in total. The van der Waals surface area contributed by atoms with Crippen LogP contribution in [0.15, 0.2) is 29.8 Å². The fourth-order valence-corrected chi connectivity index (χ4v) is 2.92. The minimum absolute atomic E-state index is 0.0933. The molecule has 2 aliphatic rings. The Hall–Kier alpha value is -2.14. The molecule has 0 aromatic heterocycles. The summed E-state index contributed by atoms with van der Waals surface area (Å²) < 4.78 is 16.0. The third-order valence-electron chi connectivity index (χ3n) is 4.20. The quantitative estimate of drug-likeness (QED) is 0.481. The second-order valence-electron chi connectivity index (χ2n) is 6.70. The van der Waals surface area contributed by atoms with Gasteiger partial charge in [-0.1, -0.05) is 37.1 Å². The largest absolute Gasteiger partial charge is 0.419 e. The fraction of sp³-hybridized carbons (Fsp3) is 0.474. The number of carbonyl (C=O) groups excluding carboxylic acids is 2. The molecule has 0 amide bonds. The Balaban J connectivity index is 1.64. The van der Waals surface area contributed by atoms with E-state index in [9.17, 15) is 9.59 Å². The standard InChI is InChI=1S/C19H22O5/c1-19(2)23-17(20)16(18(21)24-19)11-13-7-9-14(10-8-13)12-22-15-5-3-4-6-15/h7-11,15H,3-6,12H2,1-2H3. The van der Waals surface area contributed by atoms with Crippen molar-refractivity contribution >= 4 is 18.0 Å². The zero-order valence-electron chi connectivity index (χ0n) is 14.0. The van der Waals surface area contributed by atoms with Crippen LogP contribution in [-0.2, 0) is 30.4 Å². The molecule has 0 spiro atoms. The maximum atomic E-state index is 11.9. The molecule has 3 rings (SSSR count). The summed E-state index contributed by atoms with van der Waals surface area (Å²) in [6.07, 6.45) is 6.65. The van der Waals surface area contributed by atoms with Crippen molar-refractivity contribution in [2.24, 2.45) is 0 Å². The van der Waals surface area contributed by atoms with E-state index in [1.165, 1.54) is 32.8 Å². The minimum Gasteiger partial charge on any atom is -0.419 e. The van der Waals surface area contributed by atoms with Crippen LogP contribution in [0.5, 0.6) is 0 Å². The molecule has 24 heavy (non-hydrogen) atoms. The normalized spacial score (nSPS) is 20.7. The molecule has 1 aromatic rings. The summed E-state index contributed by atoms with van der Waals surface area (Å²) in [5, 5.41) is 0. The molecule has 0 unspecified atom stereocenters. The lowest BCUT2D eigenvalue weighted by Crippen LogP contribution is -2.41. The van der Waals surface area contributed by atoms with Gasteiger partial charge < -0.3 is 14.2 Å². The molecule has 2 fully saturated rings. The summed E-state index contributed by atoms with van der Waals surface area (Å²) in [5.74, 6) is -2.54. The Morgan fingerprint density at radius 3 is 2.25 bits per heavy atom. The molecule has 1 saturated carbocycles. The maximum absolute atomic E-state index is 11.9. The average Bonchev–Trinajstić information content (AvgIpc) is 3.02. The number of rotatable bonds is 4. The SMILES string of the molecule is CC1(C)OC(=O)C(=Cc2ccc(COC3CCCC3)cc2)C(=O)O1. The Bertz CT molecular complexity index is 629. The smallest absolute Gasteiger partial charge is 0.348 e. The molecule has 1 aromatic carbocycles. The van der Waals surface area contributed by atoms with Crippen LogP contribution in [0, 0.1) is 0 Å². The molecular weight excluding hydrogens is 308 g/mol. The van der Waals surface area contributed by atoms with E-state index in [1.807, 2.05) is 24.3 Å². The summed E-state index contributed by atoms with van der Waals surface area (Å²) in [7, 11) is 0. The van der Waals surface area contributed by atoms with Crippen LogP contribution in [0.2, 0.25) is 0 Å². The number of hydrogen-bond donors (Lipinski definition) is 0. The summed E-state index contributed by atoms with van der Waals surface area (Å²) >= 11 is 0. The van der Waals surface area contributed by atoms with E-state index in [0.717, 1.165) is 24.0 Å². The number of benzene rings is 1. The zero-order valence-corrected chi connectivity index (χ0v) is 14.0. The predicted molar refractivity (Wildman–Crippen MR) is 87.7 cm³/mol. The second-order valence-corrected chi connectivity index (χ2v) is 6.70. The van der Waals surface area contributed by atoms with Crippen molar-refractivity contribution in [1.29, 1.82) is 0 Å². The highest BCUT2D eigenvalue weighted by Gasteiger charge is 2.38. The van der Waals surface area contributed by atoms with E-state index in [4.69, 9.17) is 14.2 Å². The molecule has 0 N–H and O–H groups in total. The van der Waals surface area contributed by atoms with E-state index < -0.39 is 17.7 Å². The zero-order chi connectivity index (χ0) is 17.2. The topological polar surface area (TPSA) is 61.8 Å².